The Hall–Kier alpha value is -1.94. The van der Waals surface area contributed by atoms with Gasteiger partial charge < -0.3 is 10.2 Å². The molecule has 0 aliphatic heterocycles. The molecule has 98 valence electrons. The van der Waals surface area contributed by atoms with Crippen LogP contribution in [-0.2, 0) is 4.79 Å². The first kappa shape index (κ1) is 13.5. The number of carbonyl (C=O) groups excluding carboxylic acids is 1. The zero-order valence-electron chi connectivity index (χ0n) is 10.7. The molecule has 0 fully saturated rings. The topological polar surface area (TPSA) is 57.5 Å². The van der Waals surface area contributed by atoms with Crippen LogP contribution in [0.1, 0.15) is 13.8 Å². The van der Waals surface area contributed by atoms with Gasteiger partial charge in [0.2, 0.25) is 0 Å². The number of fused-ring (bicyclic) bond motifs is 1. The van der Waals surface area contributed by atoms with E-state index in [0.717, 1.165) is 22.5 Å². The molecule has 2 rings (SSSR count). The average molecular weight is 274 g/mol. The second-order valence-electron chi connectivity index (χ2n) is 4.21. The Labute approximate surface area is 115 Å². The van der Waals surface area contributed by atoms with E-state index in [1.54, 1.807) is 6.07 Å². The quantitative estimate of drug-likeness (QED) is 0.504. The number of hydrogen-bond acceptors (Lipinski definition) is 4. The summed E-state index contributed by atoms with van der Waals surface area (Å²) in [4.78, 5) is 12.3. The van der Waals surface area contributed by atoms with Crippen LogP contribution in [0, 0.1) is 0 Å². The molecule has 0 aliphatic carbocycles. The van der Waals surface area contributed by atoms with Gasteiger partial charge in [0.1, 0.15) is 11.5 Å². The van der Waals surface area contributed by atoms with E-state index < -0.39 is 0 Å². The van der Waals surface area contributed by atoms with E-state index >= 15 is 0 Å². The van der Waals surface area contributed by atoms with E-state index in [-0.39, 0.29) is 22.2 Å². The van der Waals surface area contributed by atoms with Crippen LogP contribution in [0.5, 0.6) is 5.75 Å². The zero-order chi connectivity index (χ0) is 14.0. The molecule has 0 atom stereocenters. The molecule has 2 aromatic carbocycles. The van der Waals surface area contributed by atoms with Crippen molar-refractivity contribution in [2.75, 3.05) is 0 Å². The molecular formula is C15H14O3S. The molecule has 0 spiro atoms. The van der Waals surface area contributed by atoms with Crippen LogP contribution in [0.15, 0.2) is 52.0 Å². The van der Waals surface area contributed by atoms with E-state index in [9.17, 15) is 15.0 Å². The number of aliphatic hydroxyl groups excluding tert-OH is 1. The summed E-state index contributed by atoms with van der Waals surface area (Å²) in [5.41, 5.74) is 0. The van der Waals surface area contributed by atoms with Crippen molar-refractivity contribution in [2.24, 2.45) is 0 Å². The smallest absolute Gasteiger partial charge is 0.169 e. The lowest BCUT2D eigenvalue weighted by Gasteiger charge is -2.10. The number of phenols is 1. The minimum absolute atomic E-state index is 0.0372. The molecular weight excluding hydrogens is 260 g/mol. The Morgan fingerprint density at radius 3 is 2.42 bits per heavy atom. The molecule has 3 nitrogen and oxygen atoms in total. The van der Waals surface area contributed by atoms with Crippen molar-refractivity contribution in [3.63, 3.8) is 0 Å². The standard InChI is InChI=1S/C15H14O3S/c1-9(16)14(10(2)17)19-15-12-6-4-3-5-11(12)7-8-13(15)18/h3-8,16,18H,1-2H3/b14-9-. The molecule has 0 saturated heterocycles. The molecule has 0 aliphatic rings. The third-order valence-electron chi connectivity index (χ3n) is 2.71. The molecule has 0 heterocycles. The highest BCUT2D eigenvalue weighted by atomic mass is 32.2. The van der Waals surface area contributed by atoms with Gasteiger partial charge >= 0.3 is 0 Å². The first-order valence-corrected chi connectivity index (χ1v) is 6.61. The van der Waals surface area contributed by atoms with Crippen molar-refractivity contribution >= 4 is 28.3 Å². The highest BCUT2D eigenvalue weighted by molar-refractivity contribution is 8.04. The van der Waals surface area contributed by atoms with Crippen LogP contribution in [0.25, 0.3) is 10.8 Å². The SMILES string of the molecule is CC(=O)/C(Sc1c(O)ccc2ccccc12)=C(\C)O. The number of phenolic OH excluding ortho intramolecular Hbond substituents is 1. The predicted molar refractivity (Wildman–Crippen MR) is 77.5 cm³/mol. The Morgan fingerprint density at radius 1 is 1.11 bits per heavy atom. The van der Waals surface area contributed by atoms with Crippen LogP contribution in [0.4, 0.5) is 0 Å². The van der Waals surface area contributed by atoms with Crippen LogP contribution >= 0.6 is 11.8 Å². The molecule has 0 amide bonds. The fourth-order valence-electron chi connectivity index (χ4n) is 1.84. The minimum atomic E-state index is -0.225. The zero-order valence-corrected chi connectivity index (χ0v) is 11.5. The maximum absolute atomic E-state index is 11.5. The number of ketones is 1. The van der Waals surface area contributed by atoms with Gasteiger partial charge in [0.25, 0.3) is 0 Å². The number of benzene rings is 2. The maximum Gasteiger partial charge on any atom is 0.169 e. The van der Waals surface area contributed by atoms with Gasteiger partial charge in [0.05, 0.1) is 9.80 Å². The van der Waals surface area contributed by atoms with Crippen LogP contribution in [-0.4, -0.2) is 16.0 Å². The monoisotopic (exact) mass is 274 g/mol. The van der Waals surface area contributed by atoms with Crippen LogP contribution < -0.4 is 0 Å². The third kappa shape index (κ3) is 2.74. The lowest BCUT2D eigenvalue weighted by atomic mass is 10.1. The third-order valence-corrected chi connectivity index (χ3v) is 4.13. The largest absolute Gasteiger partial charge is 0.511 e. The Bertz CT molecular complexity index is 670. The lowest BCUT2D eigenvalue weighted by molar-refractivity contribution is -0.113. The van der Waals surface area contributed by atoms with E-state index in [2.05, 4.69) is 0 Å². The summed E-state index contributed by atoms with van der Waals surface area (Å²) < 4.78 is 0. The molecule has 0 aromatic heterocycles. The van der Waals surface area contributed by atoms with Crippen molar-refractivity contribution in [3.8, 4) is 5.75 Å². The van der Waals surface area contributed by atoms with E-state index in [0.29, 0.717) is 4.90 Å². The van der Waals surface area contributed by atoms with E-state index in [4.69, 9.17) is 0 Å². The number of Topliss-reactive ketones (excluding diaryl/α,β-unsaturated/α-hetero) is 1. The summed E-state index contributed by atoms with van der Waals surface area (Å²) >= 11 is 1.09. The fourth-order valence-corrected chi connectivity index (χ4v) is 2.81. The van der Waals surface area contributed by atoms with Gasteiger partial charge in [-0.15, -0.1) is 0 Å². The first-order chi connectivity index (χ1) is 9.00. The highest BCUT2D eigenvalue weighted by Gasteiger charge is 2.15. The Kier molecular flexibility index (Phi) is 3.81. The summed E-state index contributed by atoms with van der Waals surface area (Å²) in [5.74, 6) is -0.161. The Morgan fingerprint density at radius 2 is 1.79 bits per heavy atom. The predicted octanol–water partition coefficient (Wildman–Crippen LogP) is 4.02. The summed E-state index contributed by atoms with van der Waals surface area (Å²) in [5, 5.41) is 21.4. The molecule has 0 bridgehead atoms. The Balaban J connectivity index is 2.60. The maximum atomic E-state index is 11.5. The van der Waals surface area contributed by atoms with Crippen molar-refractivity contribution < 1.29 is 15.0 Å². The van der Waals surface area contributed by atoms with Gasteiger partial charge in [-0.05, 0) is 30.7 Å². The van der Waals surface area contributed by atoms with Crippen molar-refractivity contribution in [1.29, 1.82) is 0 Å². The number of hydrogen-bond donors (Lipinski definition) is 2. The molecule has 2 aromatic rings. The van der Waals surface area contributed by atoms with E-state index in [1.165, 1.54) is 13.8 Å². The lowest BCUT2D eigenvalue weighted by Crippen LogP contribution is -1.96. The normalized spacial score (nSPS) is 12.3. The minimum Gasteiger partial charge on any atom is -0.511 e. The molecule has 0 saturated carbocycles. The molecule has 0 unspecified atom stereocenters. The summed E-state index contributed by atoms with van der Waals surface area (Å²) in [6, 6.07) is 11.0. The second-order valence-corrected chi connectivity index (χ2v) is 5.23. The average Bonchev–Trinajstić information content (AvgIpc) is 2.36. The van der Waals surface area contributed by atoms with E-state index in [1.807, 2.05) is 30.3 Å². The fraction of sp³-hybridized carbons (Fsp3) is 0.133. The van der Waals surface area contributed by atoms with Gasteiger partial charge in [0, 0.05) is 0 Å². The van der Waals surface area contributed by atoms with Crippen molar-refractivity contribution in [3.05, 3.63) is 47.1 Å². The van der Waals surface area contributed by atoms with Gasteiger partial charge in [0.15, 0.2) is 5.78 Å². The van der Waals surface area contributed by atoms with Gasteiger partial charge in [-0.3, -0.25) is 4.79 Å². The summed E-state index contributed by atoms with van der Waals surface area (Å²) in [6.07, 6.45) is 0. The number of carbonyl (C=O) groups is 1. The summed E-state index contributed by atoms with van der Waals surface area (Å²) in [6.45, 7) is 2.86. The van der Waals surface area contributed by atoms with Crippen molar-refractivity contribution in [2.45, 2.75) is 18.7 Å². The second kappa shape index (κ2) is 5.36. The van der Waals surface area contributed by atoms with Gasteiger partial charge in [-0.2, -0.15) is 0 Å². The summed E-state index contributed by atoms with van der Waals surface area (Å²) in [7, 11) is 0. The van der Waals surface area contributed by atoms with Crippen LogP contribution in [0.2, 0.25) is 0 Å². The molecule has 0 radical (unpaired) electrons. The number of aliphatic hydroxyl groups is 1. The molecule has 2 N–H and O–H groups in total. The number of rotatable bonds is 3. The van der Waals surface area contributed by atoms with Crippen LogP contribution in [0.3, 0.4) is 0 Å². The first-order valence-electron chi connectivity index (χ1n) is 5.80. The number of aromatic hydroxyl groups is 1. The van der Waals surface area contributed by atoms with Crippen molar-refractivity contribution in [1.82, 2.24) is 0 Å². The number of allylic oxidation sites excluding steroid dienone is 2. The molecule has 4 heteroatoms. The highest BCUT2D eigenvalue weighted by Crippen LogP contribution is 2.40. The number of thioether (sulfide) groups is 1. The van der Waals surface area contributed by atoms with Gasteiger partial charge in [-0.25, -0.2) is 0 Å². The molecule has 19 heavy (non-hydrogen) atoms. The van der Waals surface area contributed by atoms with Gasteiger partial charge in [-0.1, -0.05) is 42.1 Å².